The molecule has 12 rings (SSSR count). The van der Waals surface area contributed by atoms with Crippen LogP contribution in [0.15, 0.2) is 208 Å². The second kappa shape index (κ2) is 13.6. The van der Waals surface area contributed by atoms with Crippen molar-refractivity contribution in [2.75, 3.05) is 4.90 Å². The van der Waals surface area contributed by atoms with Crippen LogP contribution in [0.5, 0.6) is 0 Å². The number of nitrogens with zero attached hydrogens (tertiary/aromatic N) is 1. The highest BCUT2D eigenvalue weighted by atomic mass is 32.2. The molecule has 0 N–H and O–H groups in total. The highest BCUT2D eigenvalue weighted by molar-refractivity contribution is 8.03. The second-order valence-corrected chi connectivity index (χ2v) is 17.9. The number of benzene rings is 8. The summed E-state index contributed by atoms with van der Waals surface area (Å²) >= 11 is 1.94. The van der Waals surface area contributed by atoms with Gasteiger partial charge >= 0.3 is 0 Å². The van der Waals surface area contributed by atoms with Crippen molar-refractivity contribution in [3.63, 3.8) is 0 Å². The van der Waals surface area contributed by atoms with Crippen LogP contribution in [0.2, 0.25) is 0 Å². The molecule has 2 aliphatic carbocycles. The molecule has 2 nitrogen and oxygen atoms in total. The molecule has 3 aliphatic rings. The number of anilines is 3. The first-order valence-electron chi connectivity index (χ1n) is 20.9. The molecule has 8 aromatic carbocycles. The summed E-state index contributed by atoms with van der Waals surface area (Å²) < 4.78 is 6.27. The van der Waals surface area contributed by atoms with Crippen molar-refractivity contribution in [2.24, 2.45) is 0 Å². The minimum atomic E-state index is -0.0246. The summed E-state index contributed by atoms with van der Waals surface area (Å²) in [7, 11) is 0. The van der Waals surface area contributed by atoms with Gasteiger partial charge in [-0.1, -0.05) is 159 Å². The van der Waals surface area contributed by atoms with Crippen LogP contribution in [0, 0.1) is 0 Å². The summed E-state index contributed by atoms with van der Waals surface area (Å²) in [6.07, 6.45) is 5.74. The van der Waals surface area contributed by atoms with Crippen LogP contribution >= 0.6 is 11.8 Å². The van der Waals surface area contributed by atoms with Gasteiger partial charge in [-0.25, -0.2) is 0 Å². The summed E-state index contributed by atoms with van der Waals surface area (Å²) in [5.74, 6) is 0.438. The third kappa shape index (κ3) is 5.49. The van der Waals surface area contributed by atoms with Gasteiger partial charge in [0, 0.05) is 49.0 Å². The van der Waals surface area contributed by atoms with Crippen LogP contribution in [0.4, 0.5) is 17.1 Å². The molecule has 2 heterocycles. The summed E-state index contributed by atoms with van der Waals surface area (Å²) in [6.45, 7) is 4.69. The van der Waals surface area contributed by atoms with E-state index in [1.807, 2.05) is 23.9 Å². The zero-order valence-corrected chi connectivity index (χ0v) is 34.3. The lowest BCUT2D eigenvalue weighted by Crippen LogP contribution is -2.14. The molecular formula is C57H41NOS. The zero-order chi connectivity index (χ0) is 40.0. The first-order chi connectivity index (χ1) is 29.5. The maximum Gasteiger partial charge on any atom is 0.136 e. The van der Waals surface area contributed by atoms with Crippen LogP contribution in [0.25, 0.3) is 60.9 Å². The Morgan fingerprint density at radius 3 is 2.07 bits per heavy atom. The smallest absolute Gasteiger partial charge is 0.136 e. The Morgan fingerprint density at radius 1 is 0.533 bits per heavy atom. The van der Waals surface area contributed by atoms with Crippen molar-refractivity contribution in [1.82, 2.24) is 0 Å². The minimum Gasteiger partial charge on any atom is -0.456 e. The van der Waals surface area contributed by atoms with Crippen molar-refractivity contribution >= 4 is 56.3 Å². The topological polar surface area (TPSA) is 16.4 Å². The fourth-order valence-corrected chi connectivity index (χ4v) is 11.5. The lowest BCUT2D eigenvalue weighted by Gasteiger charge is -2.27. The Balaban J connectivity index is 0.958. The number of rotatable bonds is 6. The van der Waals surface area contributed by atoms with E-state index in [-0.39, 0.29) is 5.41 Å². The predicted molar refractivity (Wildman–Crippen MR) is 253 cm³/mol. The maximum atomic E-state index is 6.27. The number of fused-ring (bicyclic) bond motifs is 9. The van der Waals surface area contributed by atoms with Crippen molar-refractivity contribution in [3.8, 4) is 33.4 Å². The van der Waals surface area contributed by atoms with Crippen LogP contribution in [0.1, 0.15) is 48.4 Å². The molecule has 0 fully saturated rings. The highest BCUT2D eigenvalue weighted by Crippen LogP contribution is 2.55. The van der Waals surface area contributed by atoms with Gasteiger partial charge in [0.1, 0.15) is 11.2 Å². The SMILES string of the molecule is CC1(C)c2ccccc2-c2cc(-c3cccc(N(c4ccc(C5=C6Sc7ccccc7C6CC=C5)cc4)c4ccc(-c5cccc6oc7ccccc7c56)cc4)c3)ccc21. The average Bonchev–Trinajstić information content (AvgIpc) is 3.95. The van der Waals surface area contributed by atoms with Gasteiger partial charge in [-0.2, -0.15) is 0 Å². The van der Waals surface area contributed by atoms with Gasteiger partial charge in [-0.05, 0) is 128 Å². The van der Waals surface area contributed by atoms with E-state index in [1.54, 1.807) is 0 Å². The average molecular weight is 788 g/mol. The molecular weight excluding hydrogens is 747 g/mol. The van der Waals surface area contributed by atoms with Gasteiger partial charge in [0.25, 0.3) is 0 Å². The Kier molecular flexibility index (Phi) is 7.98. The largest absolute Gasteiger partial charge is 0.456 e. The van der Waals surface area contributed by atoms with E-state index in [2.05, 4.69) is 201 Å². The van der Waals surface area contributed by atoms with Crippen LogP contribution in [-0.2, 0) is 5.41 Å². The second-order valence-electron chi connectivity index (χ2n) is 16.8. The van der Waals surface area contributed by atoms with Crippen LogP contribution in [0.3, 0.4) is 0 Å². The normalized spacial score (nSPS) is 15.9. The molecule has 1 unspecified atom stereocenters. The van der Waals surface area contributed by atoms with E-state index >= 15 is 0 Å². The third-order valence-electron chi connectivity index (χ3n) is 13.0. The van der Waals surface area contributed by atoms with Gasteiger partial charge in [0.2, 0.25) is 0 Å². The summed E-state index contributed by atoms with van der Waals surface area (Å²) in [6, 6.07) is 66.8. The lowest BCUT2D eigenvalue weighted by atomic mass is 9.82. The fraction of sp³-hybridized carbons (Fsp3) is 0.0877. The molecule has 0 spiro atoms. The fourth-order valence-electron chi connectivity index (χ4n) is 10.1. The van der Waals surface area contributed by atoms with E-state index in [9.17, 15) is 0 Å². The van der Waals surface area contributed by atoms with Crippen molar-refractivity contribution in [3.05, 3.63) is 221 Å². The summed E-state index contributed by atoms with van der Waals surface area (Å²) in [4.78, 5) is 5.25. The maximum absolute atomic E-state index is 6.27. The summed E-state index contributed by atoms with van der Waals surface area (Å²) in [5.41, 5.74) is 19.3. The molecule has 0 radical (unpaired) electrons. The number of hydrogen-bond acceptors (Lipinski definition) is 3. The molecule has 0 saturated carbocycles. The number of hydrogen-bond donors (Lipinski definition) is 0. The van der Waals surface area contributed by atoms with Gasteiger partial charge in [0.05, 0.1) is 0 Å². The van der Waals surface area contributed by atoms with Gasteiger partial charge in [-0.15, -0.1) is 0 Å². The Hall–Kier alpha value is -6.81. The zero-order valence-electron chi connectivity index (χ0n) is 33.5. The quantitative estimate of drug-likeness (QED) is 0.167. The monoisotopic (exact) mass is 787 g/mol. The number of furan rings is 1. The predicted octanol–water partition coefficient (Wildman–Crippen LogP) is 16.3. The van der Waals surface area contributed by atoms with E-state index in [0.29, 0.717) is 5.92 Å². The van der Waals surface area contributed by atoms with Crippen LogP contribution in [-0.4, -0.2) is 0 Å². The van der Waals surface area contributed by atoms with Crippen molar-refractivity contribution in [2.45, 2.75) is 36.5 Å². The standard InChI is InChI=1S/C57H41NOS/c1-57(2)50-20-6-3-14-45(50)49-35-39(28-33-51(49)57)38-12-9-13-42(34-38)58(40-29-24-36(25-30-40)43-17-11-22-53-55(43)48-16-4-7-21-52(48)59-53)41-31-26-37(27-32-41)44-18-10-19-47-46-15-5-8-23-54(46)60-56(44)47/h3-18,20-35,47H,19H2,1-2H3. The molecule has 1 aliphatic heterocycles. The van der Waals surface area contributed by atoms with Gasteiger partial charge in [0.15, 0.2) is 0 Å². The molecule has 60 heavy (non-hydrogen) atoms. The number of thioether (sulfide) groups is 1. The molecule has 0 saturated heterocycles. The van der Waals surface area contributed by atoms with Crippen molar-refractivity contribution < 1.29 is 4.42 Å². The van der Waals surface area contributed by atoms with E-state index in [0.717, 1.165) is 51.0 Å². The van der Waals surface area contributed by atoms with E-state index in [1.165, 1.54) is 65.4 Å². The van der Waals surface area contributed by atoms with E-state index < -0.39 is 0 Å². The summed E-state index contributed by atoms with van der Waals surface area (Å²) in [5, 5.41) is 2.29. The first kappa shape index (κ1) is 35.2. The Labute approximate surface area is 355 Å². The molecule has 1 aromatic heterocycles. The molecule has 0 amide bonds. The van der Waals surface area contributed by atoms with E-state index in [4.69, 9.17) is 4.42 Å². The number of allylic oxidation sites excluding steroid dienone is 4. The Bertz CT molecular complexity index is 3240. The van der Waals surface area contributed by atoms with Gasteiger partial charge in [-0.3, -0.25) is 0 Å². The molecule has 1 atom stereocenters. The molecule has 0 bridgehead atoms. The minimum absolute atomic E-state index is 0.0246. The first-order valence-corrected chi connectivity index (χ1v) is 21.7. The highest BCUT2D eigenvalue weighted by Gasteiger charge is 2.35. The molecule has 9 aromatic rings. The molecule has 3 heteroatoms. The number of para-hydroxylation sites is 1. The molecule has 286 valence electrons. The lowest BCUT2D eigenvalue weighted by molar-refractivity contribution is 0.660. The third-order valence-corrected chi connectivity index (χ3v) is 14.4. The van der Waals surface area contributed by atoms with Crippen molar-refractivity contribution in [1.29, 1.82) is 0 Å². The van der Waals surface area contributed by atoms with Gasteiger partial charge < -0.3 is 9.32 Å². The Morgan fingerprint density at radius 2 is 1.20 bits per heavy atom. The van der Waals surface area contributed by atoms with Crippen LogP contribution < -0.4 is 4.90 Å².